The number of aryl methyl sites for hydroxylation is 1. The first-order chi connectivity index (χ1) is 18.6. The molecule has 2 aromatic carbocycles. The van der Waals surface area contributed by atoms with Gasteiger partial charge in [-0.2, -0.15) is 0 Å². The van der Waals surface area contributed by atoms with Crippen molar-refractivity contribution in [3.8, 4) is 0 Å². The van der Waals surface area contributed by atoms with Crippen LogP contribution in [-0.2, 0) is 16.0 Å². The Labute approximate surface area is 231 Å². The predicted molar refractivity (Wildman–Crippen MR) is 153 cm³/mol. The summed E-state index contributed by atoms with van der Waals surface area (Å²) in [5.74, 6) is 0.391. The molecule has 1 unspecified atom stereocenters. The van der Waals surface area contributed by atoms with Gasteiger partial charge in [0.15, 0.2) is 0 Å². The van der Waals surface area contributed by atoms with Crippen molar-refractivity contribution in [1.82, 2.24) is 14.9 Å². The van der Waals surface area contributed by atoms with Crippen LogP contribution >= 0.6 is 0 Å². The SMILES string of the molecule is Cc1cnc(Nc2ccc(C3CCN(C(=O)OC(C)(C)C)CC3)cc2)nc1C(CC(N)=O)Cc1ccccc1. The summed E-state index contributed by atoms with van der Waals surface area (Å²) in [4.78, 5) is 35.3. The highest BCUT2D eigenvalue weighted by Crippen LogP contribution is 2.31. The second kappa shape index (κ2) is 12.3. The van der Waals surface area contributed by atoms with Gasteiger partial charge >= 0.3 is 6.09 Å². The first-order valence-corrected chi connectivity index (χ1v) is 13.6. The van der Waals surface area contributed by atoms with Crippen molar-refractivity contribution in [1.29, 1.82) is 0 Å². The van der Waals surface area contributed by atoms with Gasteiger partial charge < -0.3 is 20.7 Å². The highest BCUT2D eigenvalue weighted by molar-refractivity contribution is 5.75. The van der Waals surface area contributed by atoms with Crippen LogP contribution in [0.4, 0.5) is 16.4 Å². The molecule has 39 heavy (non-hydrogen) atoms. The second-order valence-electron chi connectivity index (χ2n) is 11.3. The van der Waals surface area contributed by atoms with Gasteiger partial charge in [0.1, 0.15) is 5.60 Å². The van der Waals surface area contributed by atoms with Crippen LogP contribution in [0.3, 0.4) is 0 Å². The fraction of sp³-hybridized carbons (Fsp3) is 0.419. The fourth-order valence-corrected chi connectivity index (χ4v) is 5.03. The van der Waals surface area contributed by atoms with Gasteiger partial charge in [0.25, 0.3) is 0 Å². The summed E-state index contributed by atoms with van der Waals surface area (Å²) in [6, 6.07) is 18.4. The minimum Gasteiger partial charge on any atom is -0.444 e. The first kappa shape index (κ1) is 28.1. The molecule has 1 aliphatic heterocycles. The largest absolute Gasteiger partial charge is 0.444 e. The number of hydrogen-bond donors (Lipinski definition) is 2. The van der Waals surface area contributed by atoms with Crippen molar-refractivity contribution in [2.45, 2.75) is 70.8 Å². The molecule has 1 saturated heterocycles. The van der Waals surface area contributed by atoms with E-state index in [2.05, 4.69) is 22.4 Å². The van der Waals surface area contributed by atoms with E-state index < -0.39 is 5.60 Å². The Kier molecular flexibility index (Phi) is 8.84. The third-order valence-electron chi connectivity index (χ3n) is 6.95. The molecule has 0 radical (unpaired) electrons. The molecule has 3 N–H and O–H groups in total. The van der Waals surface area contributed by atoms with Gasteiger partial charge in [-0.05, 0) is 81.7 Å². The lowest BCUT2D eigenvalue weighted by Crippen LogP contribution is -2.41. The Balaban J connectivity index is 1.41. The summed E-state index contributed by atoms with van der Waals surface area (Å²) >= 11 is 0. The number of rotatable bonds is 8. The topological polar surface area (TPSA) is 110 Å². The Hall–Kier alpha value is -3.94. The molecule has 0 saturated carbocycles. The van der Waals surface area contributed by atoms with Crippen molar-refractivity contribution < 1.29 is 14.3 Å². The zero-order valence-electron chi connectivity index (χ0n) is 23.3. The lowest BCUT2D eigenvalue weighted by atomic mass is 9.89. The van der Waals surface area contributed by atoms with Gasteiger partial charge in [-0.1, -0.05) is 42.5 Å². The second-order valence-corrected chi connectivity index (χ2v) is 11.3. The molecule has 0 aliphatic carbocycles. The van der Waals surface area contributed by atoms with Crippen molar-refractivity contribution in [2.24, 2.45) is 5.73 Å². The number of amides is 2. The van der Waals surface area contributed by atoms with Crippen LogP contribution in [0.25, 0.3) is 0 Å². The van der Waals surface area contributed by atoms with Gasteiger partial charge in [0.05, 0.1) is 5.69 Å². The van der Waals surface area contributed by atoms with Gasteiger partial charge in [-0.3, -0.25) is 4.79 Å². The molecular weight excluding hydrogens is 490 g/mol. The molecule has 8 heteroatoms. The van der Waals surface area contributed by atoms with Crippen LogP contribution in [0.1, 0.15) is 74.3 Å². The number of carbonyl (C=O) groups excluding carboxylic acids is 2. The van der Waals surface area contributed by atoms with E-state index in [4.69, 9.17) is 15.5 Å². The normalized spacial score (nSPS) is 15.0. The van der Waals surface area contributed by atoms with E-state index >= 15 is 0 Å². The maximum absolute atomic E-state index is 12.4. The van der Waals surface area contributed by atoms with Gasteiger partial charge in [-0.25, -0.2) is 14.8 Å². The third-order valence-corrected chi connectivity index (χ3v) is 6.95. The number of carbonyl (C=O) groups is 2. The first-order valence-electron chi connectivity index (χ1n) is 13.6. The molecule has 1 fully saturated rings. The number of nitrogens with zero attached hydrogens (tertiary/aromatic N) is 3. The van der Waals surface area contributed by atoms with E-state index in [1.807, 2.05) is 70.2 Å². The number of hydrogen-bond acceptors (Lipinski definition) is 6. The minimum absolute atomic E-state index is 0.137. The van der Waals surface area contributed by atoms with Crippen LogP contribution in [0.5, 0.6) is 0 Å². The quantitative estimate of drug-likeness (QED) is 0.379. The molecule has 206 valence electrons. The summed E-state index contributed by atoms with van der Waals surface area (Å²) < 4.78 is 5.51. The smallest absolute Gasteiger partial charge is 0.410 e. The average Bonchev–Trinajstić information content (AvgIpc) is 2.89. The number of nitrogens with one attached hydrogen (secondary N) is 1. The Morgan fingerprint density at radius 2 is 1.74 bits per heavy atom. The van der Waals surface area contributed by atoms with Crippen molar-refractivity contribution >= 4 is 23.6 Å². The van der Waals surface area contributed by atoms with E-state index in [1.165, 1.54) is 5.56 Å². The van der Waals surface area contributed by atoms with Crippen LogP contribution < -0.4 is 11.1 Å². The maximum atomic E-state index is 12.4. The van der Waals surface area contributed by atoms with Crippen molar-refractivity contribution in [2.75, 3.05) is 18.4 Å². The van der Waals surface area contributed by atoms with Crippen molar-refractivity contribution in [3.05, 3.63) is 83.2 Å². The molecule has 2 amide bonds. The fourth-order valence-electron chi connectivity index (χ4n) is 5.03. The van der Waals surface area contributed by atoms with E-state index in [0.29, 0.717) is 31.4 Å². The standard InChI is InChI=1S/C31H39N5O3/c1-21-20-33-29(35-28(21)25(19-27(32)37)18-22-8-6-5-7-9-22)34-26-12-10-23(11-13-26)24-14-16-36(17-15-24)30(38)39-31(2,3)4/h5-13,20,24-25H,14-19H2,1-4H3,(H2,32,37)(H,33,34,35). The Bertz CT molecular complexity index is 1260. The number of anilines is 2. The molecule has 0 spiro atoms. The minimum atomic E-state index is -0.483. The average molecular weight is 530 g/mol. The van der Waals surface area contributed by atoms with Crippen LogP contribution in [0.2, 0.25) is 0 Å². The molecule has 2 heterocycles. The molecule has 0 bridgehead atoms. The molecule has 1 atom stereocenters. The molecule has 4 rings (SSSR count). The van der Waals surface area contributed by atoms with Gasteiger partial charge in [0, 0.05) is 37.3 Å². The van der Waals surface area contributed by atoms with E-state index in [9.17, 15) is 9.59 Å². The molecule has 8 nitrogen and oxygen atoms in total. The number of likely N-dealkylation sites (tertiary alicyclic amines) is 1. The number of primary amides is 1. The van der Waals surface area contributed by atoms with Gasteiger partial charge in [-0.15, -0.1) is 0 Å². The summed E-state index contributed by atoms with van der Waals surface area (Å²) in [6.45, 7) is 9.00. The van der Waals surface area contributed by atoms with Crippen molar-refractivity contribution in [3.63, 3.8) is 0 Å². The summed E-state index contributed by atoms with van der Waals surface area (Å²) in [6.07, 6.45) is 4.24. The van der Waals surface area contributed by atoms with Crippen LogP contribution in [-0.4, -0.2) is 45.6 Å². The number of ether oxygens (including phenoxy) is 1. The van der Waals surface area contributed by atoms with E-state index in [0.717, 1.165) is 35.3 Å². The Morgan fingerprint density at radius 3 is 2.36 bits per heavy atom. The Morgan fingerprint density at radius 1 is 1.08 bits per heavy atom. The van der Waals surface area contributed by atoms with Crippen LogP contribution in [0, 0.1) is 6.92 Å². The highest BCUT2D eigenvalue weighted by Gasteiger charge is 2.27. The number of benzene rings is 2. The third kappa shape index (κ3) is 8.02. The number of piperidine rings is 1. The summed E-state index contributed by atoms with van der Waals surface area (Å²) in [5, 5.41) is 3.31. The van der Waals surface area contributed by atoms with E-state index in [1.54, 1.807) is 11.1 Å². The summed E-state index contributed by atoms with van der Waals surface area (Å²) in [7, 11) is 0. The lowest BCUT2D eigenvalue weighted by molar-refractivity contribution is -0.118. The summed E-state index contributed by atoms with van der Waals surface area (Å²) in [5.41, 5.74) is 10.1. The predicted octanol–water partition coefficient (Wildman–Crippen LogP) is 5.84. The molecular formula is C31H39N5O3. The highest BCUT2D eigenvalue weighted by atomic mass is 16.6. The number of nitrogens with two attached hydrogens (primary N) is 1. The molecule has 3 aromatic rings. The van der Waals surface area contributed by atoms with Crippen LogP contribution in [0.15, 0.2) is 60.8 Å². The zero-order valence-corrected chi connectivity index (χ0v) is 23.3. The lowest BCUT2D eigenvalue weighted by Gasteiger charge is -2.33. The monoisotopic (exact) mass is 529 g/mol. The van der Waals surface area contributed by atoms with Gasteiger partial charge in [0.2, 0.25) is 11.9 Å². The molecule has 1 aromatic heterocycles. The zero-order chi connectivity index (χ0) is 28.0. The number of aromatic nitrogens is 2. The maximum Gasteiger partial charge on any atom is 0.410 e. The molecule has 1 aliphatic rings. The van der Waals surface area contributed by atoms with E-state index in [-0.39, 0.29) is 24.3 Å².